The van der Waals surface area contributed by atoms with E-state index in [9.17, 15) is 8.42 Å². The van der Waals surface area contributed by atoms with E-state index >= 15 is 0 Å². The molecule has 5 heteroatoms. The van der Waals surface area contributed by atoms with Crippen LogP contribution in [0.1, 0.15) is 18.9 Å². The van der Waals surface area contributed by atoms with Gasteiger partial charge in [0, 0.05) is 13.1 Å². The molecule has 0 amide bonds. The molecule has 0 aliphatic carbocycles. The van der Waals surface area contributed by atoms with Crippen LogP contribution in [0.15, 0.2) is 29.2 Å². The number of hydrogen-bond donors (Lipinski definition) is 1. The zero-order chi connectivity index (χ0) is 12.9. The number of benzene rings is 1. The van der Waals surface area contributed by atoms with Crippen LogP contribution in [0.3, 0.4) is 0 Å². The monoisotopic (exact) mass is 257 g/mol. The summed E-state index contributed by atoms with van der Waals surface area (Å²) >= 11 is 0. The van der Waals surface area contributed by atoms with Gasteiger partial charge in [0.2, 0.25) is 10.0 Å². The third kappa shape index (κ3) is 3.28. The normalized spacial score (nSPS) is 12.0. The second kappa shape index (κ2) is 6.14. The highest BCUT2D eigenvalue weighted by Crippen LogP contribution is 2.19. The second-order valence-electron chi connectivity index (χ2n) is 3.89. The predicted octanol–water partition coefficient (Wildman–Crippen LogP) is 1.39. The molecule has 1 N–H and O–H groups in total. The van der Waals surface area contributed by atoms with Crippen molar-refractivity contribution in [2.75, 3.05) is 19.7 Å². The number of aliphatic hydroxyl groups is 1. The zero-order valence-electron chi connectivity index (χ0n) is 10.3. The van der Waals surface area contributed by atoms with Crippen LogP contribution >= 0.6 is 0 Å². The van der Waals surface area contributed by atoms with Crippen molar-refractivity contribution < 1.29 is 13.5 Å². The van der Waals surface area contributed by atoms with Gasteiger partial charge in [0.05, 0.1) is 11.5 Å². The molecule has 0 saturated heterocycles. The Labute approximate surface area is 103 Å². The van der Waals surface area contributed by atoms with E-state index in [4.69, 9.17) is 5.11 Å². The molecular formula is C12H19NO3S. The average molecular weight is 257 g/mol. The van der Waals surface area contributed by atoms with E-state index in [1.165, 1.54) is 4.31 Å². The molecule has 0 saturated carbocycles. The van der Waals surface area contributed by atoms with Crippen molar-refractivity contribution in [3.8, 4) is 0 Å². The van der Waals surface area contributed by atoms with Gasteiger partial charge in [-0.2, -0.15) is 4.31 Å². The molecule has 0 atom stereocenters. The van der Waals surface area contributed by atoms with Gasteiger partial charge >= 0.3 is 0 Å². The van der Waals surface area contributed by atoms with Gasteiger partial charge in [-0.3, -0.25) is 0 Å². The first-order valence-corrected chi connectivity index (χ1v) is 7.14. The van der Waals surface area contributed by atoms with Crippen molar-refractivity contribution in [1.82, 2.24) is 4.31 Å². The molecule has 0 heterocycles. The van der Waals surface area contributed by atoms with E-state index in [1.54, 1.807) is 25.1 Å². The van der Waals surface area contributed by atoms with Gasteiger partial charge in [0.15, 0.2) is 0 Å². The molecule has 96 valence electrons. The minimum absolute atomic E-state index is 0.143. The Morgan fingerprint density at radius 3 is 2.41 bits per heavy atom. The van der Waals surface area contributed by atoms with Crippen LogP contribution in [0.25, 0.3) is 0 Å². The number of hydrogen-bond acceptors (Lipinski definition) is 3. The summed E-state index contributed by atoms with van der Waals surface area (Å²) in [7, 11) is -3.48. The summed E-state index contributed by atoms with van der Waals surface area (Å²) in [6.45, 7) is 4.10. The maximum absolute atomic E-state index is 12.3. The molecule has 1 aromatic rings. The van der Waals surface area contributed by atoms with Gasteiger partial charge < -0.3 is 5.11 Å². The smallest absolute Gasteiger partial charge is 0.243 e. The molecular weight excluding hydrogens is 238 g/mol. The fourth-order valence-corrected chi connectivity index (χ4v) is 3.45. The van der Waals surface area contributed by atoms with E-state index in [0.717, 1.165) is 12.0 Å². The van der Waals surface area contributed by atoms with Crippen molar-refractivity contribution in [1.29, 1.82) is 0 Å². The fourth-order valence-electron chi connectivity index (χ4n) is 1.70. The predicted molar refractivity (Wildman–Crippen MR) is 67.3 cm³/mol. The summed E-state index contributed by atoms with van der Waals surface area (Å²) in [5.74, 6) is 0. The highest BCUT2D eigenvalue weighted by atomic mass is 32.2. The van der Waals surface area contributed by atoms with E-state index in [1.807, 2.05) is 13.0 Å². The fraction of sp³-hybridized carbons (Fsp3) is 0.500. The van der Waals surface area contributed by atoms with Crippen LogP contribution in [0.2, 0.25) is 0 Å². The molecule has 4 nitrogen and oxygen atoms in total. The Morgan fingerprint density at radius 1 is 1.24 bits per heavy atom. The van der Waals surface area contributed by atoms with E-state index in [-0.39, 0.29) is 13.2 Å². The molecule has 0 radical (unpaired) electrons. The highest BCUT2D eigenvalue weighted by molar-refractivity contribution is 7.89. The third-order valence-electron chi connectivity index (χ3n) is 2.53. The second-order valence-corrected chi connectivity index (χ2v) is 5.80. The van der Waals surface area contributed by atoms with Crippen LogP contribution in [0.4, 0.5) is 0 Å². The molecule has 1 rings (SSSR count). The molecule has 1 aromatic carbocycles. The van der Waals surface area contributed by atoms with Crippen molar-refractivity contribution >= 4 is 10.0 Å². The maximum Gasteiger partial charge on any atom is 0.243 e. The zero-order valence-corrected chi connectivity index (χ0v) is 11.1. The summed E-state index contributed by atoms with van der Waals surface area (Å²) in [5.41, 5.74) is 0.728. The number of aliphatic hydroxyl groups excluding tert-OH is 1. The van der Waals surface area contributed by atoms with Crippen LogP contribution in [0, 0.1) is 6.92 Å². The Kier molecular flexibility index (Phi) is 5.11. The van der Waals surface area contributed by atoms with Crippen molar-refractivity contribution in [3.63, 3.8) is 0 Å². The largest absolute Gasteiger partial charge is 0.395 e. The Morgan fingerprint density at radius 2 is 1.88 bits per heavy atom. The van der Waals surface area contributed by atoms with Gasteiger partial charge in [0.1, 0.15) is 0 Å². The van der Waals surface area contributed by atoms with Crippen LogP contribution in [-0.2, 0) is 10.0 Å². The minimum atomic E-state index is -3.48. The SMILES string of the molecule is CCCN(CCO)S(=O)(=O)c1ccccc1C. The Bertz CT molecular complexity index is 451. The lowest BCUT2D eigenvalue weighted by atomic mass is 10.2. The average Bonchev–Trinajstić information content (AvgIpc) is 2.29. The minimum Gasteiger partial charge on any atom is -0.395 e. The molecule has 0 aliphatic rings. The Balaban J connectivity index is 3.12. The van der Waals surface area contributed by atoms with Gasteiger partial charge in [0.25, 0.3) is 0 Å². The summed E-state index contributed by atoms with van der Waals surface area (Å²) in [6.07, 6.45) is 0.727. The van der Waals surface area contributed by atoms with Gasteiger partial charge in [-0.15, -0.1) is 0 Å². The summed E-state index contributed by atoms with van der Waals surface area (Å²) in [5, 5.41) is 8.94. The van der Waals surface area contributed by atoms with Crippen molar-refractivity contribution in [3.05, 3.63) is 29.8 Å². The molecule has 0 unspecified atom stereocenters. The number of aryl methyl sites for hydroxylation is 1. The van der Waals surface area contributed by atoms with Crippen LogP contribution < -0.4 is 0 Å². The molecule has 0 aromatic heterocycles. The lowest BCUT2D eigenvalue weighted by Crippen LogP contribution is -2.34. The molecule has 0 bridgehead atoms. The molecule has 0 aliphatic heterocycles. The number of rotatable bonds is 6. The maximum atomic E-state index is 12.3. The summed E-state index contributed by atoms with van der Waals surface area (Å²) in [6, 6.07) is 6.90. The first kappa shape index (κ1) is 14.2. The number of sulfonamides is 1. The molecule has 0 spiro atoms. The van der Waals surface area contributed by atoms with Crippen LogP contribution in [-0.4, -0.2) is 37.5 Å². The lowest BCUT2D eigenvalue weighted by molar-refractivity contribution is 0.253. The topological polar surface area (TPSA) is 57.6 Å². The van der Waals surface area contributed by atoms with Gasteiger partial charge in [-0.1, -0.05) is 25.1 Å². The summed E-state index contributed by atoms with van der Waals surface area (Å²) in [4.78, 5) is 0.321. The van der Waals surface area contributed by atoms with E-state index in [2.05, 4.69) is 0 Å². The van der Waals surface area contributed by atoms with Gasteiger partial charge in [-0.05, 0) is 25.0 Å². The summed E-state index contributed by atoms with van der Waals surface area (Å²) < 4.78 is 26.0. The Hall–Kier alpha value is -0.910. The highest BCUT2D eigenvalue weighted by Gasteiger charge is 2.24. The first-order chi connectivity index (χ1) is 8.04. The van der Waals surface area contributed by atoms with Crippen molar-refractivity contribution in [2.24, 2.45) is 0 Å². The van der Waals surface area contributed by atoms with Crippen LogP contribution in [0.5, 0.6) is 0 Å². The van der Waals surface area contributed by atoms with E-state index < -0.39 is 10.0 Å². The third-order valence-corrected chi connectivity index (χ3v) is 4.59. The number of nitrogens with zero attached hydrogens (tertiary/aromatic N) is 1. The standard InChI is InChI=1S/C12H19NO3S/c1-3-8-13(9-10-14)17(15,16)12-7-5-4-6-11(12)2/h4-7,14H,3,8-10H2,1-2H3. The van der Waals surface area contributed by atoms with Crippen molar-refractivity contribution in [2.45, 2.75) is 25.2 Å². The molecule has 17 heavy (non-hydrogen) atoms. The first-order valence-electron chi connectivity index (χ1n) is 5.70. The lowest BCUT2D eigenvalue weighted by Gasteiger charge is -2.21. The van der Waals surface area contributed by atoms with Gasteiger partial charge in [-0.25, -0.2) is 8.42 Å². The quantitative estimate of drug-likeness (QED) is 0.838. The molecule has 0 fully saturated rings. The van der Waals surface area contributed by atoms with E-state index in [0.29, 0.717) is 11.4 Å².